The molecule has 9 nitrogen and oxygen atoms in total. The van der Waals surface area contributed by atoms with E-state index in [9.17, 15) is 19.0 Å². The highest BCUT2D eigenvalue weighted by atomic mass is 31.2. The number of carbonyl (C=O) groups excluding carboxylic acids is 2. The summed E-state index contributed by atoms with van der Waals surface area (Å²) in [6.45, 7) is 3.81. The summed E-state index contributed by atoms with van der Waals surface area (Å²) < 4.78 is 33.0. The van der Waals surface area contributed by atoms with E-state index in [1.165, 1.54) is 231 Å². The molecule has 0 radical (unpaired) electrons. The first-order valence-corrected chi connectivity index (χ1v) is 29.0. The van der Waals surface area contributed by atoms with Crippen molar-refractivity contribution in [1.29, 1.82) is 0 Å². The number of phosphoric ester groups is 1. The monoisotopic (exact) mass is 916 g/mol. The molecule has 0 fully saturated rings. The van der Waals surface area contributed by atoms with Crippen LogP contribution in [0.2, 0.25) is 0 Å². The number of hydrogen-bond donors (Lipinski definition) is 2. The quantitative estimate of drug-likeness (QED) is 0.0347. The summed E-state index contributed by atoms with van der Waals surface area (Å²) in [6, 6.07) is 0. The van der Waals surface area contributed by atoms with Crippen molar-refractivity contribution < 1.29 is 37.6 Å². The molecule has 2 unspecified atom stereocenters. The maximum atomic E-state index is 12.7. The second kappa shape index (κ2) is 50.4. The van der Waals surface area contributed by atoms with Crippen LogP contribution in [-0.2, 0) is 32.7 Å². The third-order valence-electron chi connectivity index (χ3n) is 12.5. The van der Waals surface area contributed by atoms with Crippen molar-refractivity contribution >= 4 is 19.8 Å². The normalized spacial score (nSPS) is 13.0. The second-order valence-electron chi connectivity index (χ2n) is 18.8. The van der Waals surface area contributed by atoms with Crippen molar-refractivity contribution in [2.75, 3.05) is 26.4 Å². The molecule has 0 heterocycles. The SMILES string of the molecule is CCCCCCCCCCCCCCCCCCCCCCCCCCCCCC(=O)OC(COC(=O)CCCCCCCCCCCCCCCCC)COP(=O)(O)OCCN. The highest BCUT2D eigenvalue weighted by Crippen LogP contribution is 2.43. The van der Waals surface area contributed by atoms with Gasteiger partial charge in [0.25, 0.3) is 0 Å². The lowest BCUT2D eigenvalue weighted by atomic mass is 10.0. The molecule has 0 aliphatic carbocycles. The molecule has 376 valence electrons. The van der Waals surface area contributed by atoms with Crippen LogP contribution in [0.4, 0.5) is 0 Å². The van der Waals surface area contributed by atoms with Gasteiger partial charge in [0.2, 0.25) is 0 Å². The zero-order valence-corrected chi connectivity index (χ0v) is 42.7. The maximum absolute atomic E-state index is 12.7. The van der Waals surface area contributed by atoms with Gasteiger partial charge < -0.3 is 20.1 Å². The van der Waals surface area contributed by atoms with Crippen molar-refractivity contribution in [2.45, 2.75) is 302 Å². The summed E-state index contributed by atoms with van der Waals surface area (Å²) in [5.74, 6) is -0.805. The van der Waals surface area contributed by atoms with Gasteiger partial charge in [-0.05, 0) is 12.8 Å². The van der Waals surface area contributed by atoms with Gasteiger partial charge in [0.15, 0.2) is 6.10 Å². The first kappa shape index (κ1) is 62.0. The smallest absolute Gasteiger partial charge is 0.462 e. The van der Waals surface area contributed by atoms with Gasteiger partial charge in [-0.25, -0.2) is 4.57 Å². The van der Waals surface area contributed by atoms with Crippen LogP contribution in [0.3, 0.4) is 0 Å². The molecular formula is C53H106NO8P. The predicted octanol–water partition coefficient (Wildman–Crippen LogP) is 16.7. The van der Waals surface area contributed by atoms with Gasteiger partial charge in [-0.15, -0.1) is 0 Å². The van der Waals surface area contributed by atoms with Crippen LogP contribution < -0.4 is 5.73 Å². The predicted molar refractivity (Wildman–Crippen MR) is 266 cm³/mol. The molecule has 0 saturated heterocycles. The van der Waals surface area contributed by atoms with Crippen molar-refractivity contribution in [3.8, 4) is 0 Å². The van der Waals surface area contributed by atoms with Gasteiger partial charge >= 0.3 is 19.8 Å². The number of esters is 2. The van der Waals surface area contributed by atoms with Crippen LogP contribution in [0.15, 0.2) is 0 Å². The minimum Gasteiger partial charge on any atom is -0.462 e. The lowest BCUT2D eigenvalue weighted by Crippen LogP contribution is -2.29. The van der Waals surface area contributed by atoms with Gasteiger partial charge in [0, 0.05) is 19.4 Å². The molecule has 63 heavy (non-hydrogen) atoms. The van der Waals surface area contributed by atoms with Gasteiger partial charge in [-0.2, -0.15) is 0 Å². The van der Waals surface area contributed by atoms with E-state index >= 15 is 0 Å². The Morgan fingerprint density at radius 2 is 0.683 bits per heavy atom. The molecule has 0 aromatic rings. The zero-order valence-electron chi connectivity index (χ0n) is 41.8. The zero-order chi connectivity index (χ0) is 46.0. The number of ether oxygens (including phenoxy) is 2. The van der Waals surface area contributed by atoms with Crippen LogP contribution in [0.5, 0.6) is 0 Å². The first-order chi connectivity index (χ1) is 30.8. The Morgan fingerprint density at radius 1 is 0.413 bits per heavy atom. The summed E-state index contributed by atoms with van der Waals surface area (Å²) in [5, 5.41) is 0. The fourth-order valence-corrected chi connectivity index (χ4v) is 9.17. The number of nitrogens with two attached hydrogens (primary N) is 1. The summed E-state index contributed by atoms with van der Waals surface area (Å²) in [4.78, 5) is 35.1. The second-order valence-corrected chi connectivity index (χ2v) is 20.3. The number of phosphoric acid groups is 1. The lowest BCUT2D eigenvalue weighted by Gasteiger charge is -2.19. The van der Waals surface area contributed by atoms with E-state index in [0.29, 0.717) is 6.42 Å². The van der Waals surface area contributed by atoms with E-state index in [1.807, 2.05) is 0 Å². The molecule has 0 aromatic carbocycles. The molecule has 10 heteroatoms. The fourth-order valence-electron chi connectivity index (χ4n) is 8.40. The van der Waals surface area contributed by atoms with E-state index in [-0.39, 0.29) is 38.6 Å². The lowest BCUT2D eigenvalue weighted by molar-refractivity contribution is -0.161. The fraction of sp³-hybridized carbons (Fsp3) is 0.962. The van der Waals surface area contributed by atoms with E-state index in [1.54, 1.807) is 0 Å². The summed E-state index contributed by atoms with van der Waals surface area (Å²) in [7, 11) is -4.37. The Bertz CT molecular complexity index is 1000. The molecular weight excluding hydrogens is 810 g/mol. The number of rotatable bonds is 53. The molecule has 0 rings (SSSR count). The van der Waals surface area contributed by atoms with Crippen LogP contribution in [-0.4, -0.2) is 49.3 Å². The third-order valence-corrected chi connectivity index (χ3v) is 13.5. The average molecular weight is 916 g/mol. The van der Waals surface area contributed by atoms with Crippen molar-refractivity contribution in [2.24, 2.45) is 5.73 Å². The summed E-state index contributed by atoms with van der Waals surface area (Å²) >= 11 is 0. The Hall–Kier alpha value is -0.990. The Morgan fingerprint density at radius 3 is 0.968 bits per heavy atom. The molecule has 0 spiro atoms. The molecule has 2 atom stereocenters. The Kier molecular flexibility index (Phi) is 49.6. The molecule has 0 aliphatic rings. The van der Waals surface area contributed by atoms with Gasteiger partial charge in [0.05, 0.1) is 13.2 Å². The number of unbranched alkanes of at least 4 members (excludes halogenated alkanes) is 40. The summed E-state index contributed by atoms with van der Waals surface area (Å²) in [5.41, 5.74) is 5.37. The van der Waals surface area contributed by atoms with E-state index in [2.05, 4.69) is 13.8 Å². The van der Waals surface area contributed by atoms with Crippen molar-refractivity contribution in [3.63, 3.8) is 0 Å². The third kappa shape index (κ3) is 50.3. The number of hydrogen-bond acceptors (Lipinski definition) is 8. The molecule has 0 bridgehead atoms. The average Bonchev–Trinajstić information content (AvgIpc) is 3.27. The molecule has 0 saturated carbocycles. The minimum absolute atomic E-state index is 0.0584. The summed E-state index contributed by atoms with van der Waals surface area (Å²) in [6.07, 6.45) is 54.4. The van der Waals surface area contributed by atoms with Gasteiger partial charge in [-0.3, -0.25) is 18.6 Å². The minimum atomic E-state index is -4.37. The Balaban J connectivity index is 3.89. The van der Waals surface area contributed by atoms with Crippen LogP contribution in [0.25, 0.3) is 0 Å². The van der Waals surface area contributed by atoms with Crippen LogP contribution in [0, 0.1) is 0 Å². The van der Waals surface area contributed by atoms with Gasteiger partial charge in [0.1, 0.15) is 6.61 Å². The van der Waals surface area contributed by atoms with Gasteiger partial charge in [-0.1, -0.05) is 271 Å². The highest BCUT2D eigenvalue weighted by molar-refractivity contribution is 7.47. The van der Waals surface area contributed by atoms with E-state index in [4.69, 9.17) is 24.3 Å². The molecule has 0 amide bonds. The largest absolute Gasteiger partial charge is 0.472 e. The Labute approximate surface area is 390 Å². The topological polar surface area (TPSA) is 134 Å². The first-order valence-electron chi connectivity index (χ1n) is 27.5. The molecule has 0 aliphatic heterocycles. The van der Waals surface area contributed by atoms with E-state index < -0.39 is 26.5 Å². The molecule has 0 aromatic heterocycles. The van der Waals surface area contributed by atoms with Crippen LogP contribution >= 0.6 is 7.82 Å². The van der Waals surface area contributed by atoms with Crippen LogP contribution in [0.1, 0.15) is 296 Å². The van der Waals surface area contributed by atoms with Crippen molar-refractivity contribution in [3.05, 3.63) is 0 Å². The number of carbonyl (C=O) groups is 2. The van der Waals surface area contributed by atoms with E-state index in [0.717, 1.165) is 32.1 Å². The standard InChI is InChI=1S/C53H106NO8P/c1-3-5-7-9-11-13-15-17-19-20-21-22-23-24-25-26-27-28-29-30-32-34-36-38-40-42-44-46-53(56)62-51(50-61-63(57,58)60-48-47-54)49-59-52(55)45-43-41-39-37-35-33-31-18-16-14-12-10-8-6-4-2/h51H,3-50,54H2,1-2H3,(H,57,58). The molecule has 3 N–H and O–H groups in total. The van der Waals surface area contributed by atoms with Crippen molar-refractivity contribution in [1.82, 2.24) is 0 Å². The maximum Gasteiger partial charge on any atom is 0.472 e. The highest BCUT2D eigenvalue weighted by Gasteiger charge is 2.26.